The Morgan fingerprint density at radius 3 is 2.63 bits per heavy atom. The van der Waals surface area contributed by atoms with Gasteiger partial charge in [0.1, 0.15) is 17.5 Å². The second-order valence-corrected chi connectivity index (χ2v) is 7.32. The van der Waals surface area contributed by atoms with Crippen LogP contribution < -0.4 is 10.6 Å². The lowest BCUT2D eigenvalue weighted by Crippen LogP contribution is -2.40. The van der Waals surface area contributed by atoms with Gasteiger partial charge in [-0.2, -0.15) is 0 Å². The summed E-state index contributed by atoms with van der Waals surface area (Å²) in [5.41, 5.74) is 2.03. The van der Waals surface area contributed by atoms with Crippen molar-refractivity contribution in [3.63, 3.8) is 0 Å². The Hall–Kier alpha value is -3.00. The predicted octanol–water partition coefficient (Wildman–Crippen LogP) is 4.27. The van der Waals surface area contributed by atoms with E-state index in [1.165, 1.54) is 18.2 Å². The lowest BCUT2D eigenvalue weighted by molar-refractivity contribution is 0.111. The number of H-pyrrole nitrogens is 1. The van der Waals surface area contributed by atoms with Gasteiger partial charge in [0.15, 0.2) is 0 Å². The van der Waals surface area contributed by atoms with E-state index < -0.39 is 17.5 Å². The highest BCUT2D eigenvalue weighted by Gasteiger charge is 2.18. The number of hydrogen-bond donors (Lipinski definition) is 3. The van der Waals surface area contributed by atoms with Crippen LogP contribution in [0.4, 0.5) is 18.0 Å². The summed E-state index contributed by atoms with van der Waals surface area (Å²) in [7, 11) is 0. The molecule has 2 heterocycles. The molecular formula is C22H22F3N3O2. The Labute approximate surface area is 171 Å². The molecule has 8 heteroatoms. The van der Waals surface area contributed by atoms with E-state index in [2.05, 4.69) is 15.6 Å². The SMILES string of the molecule is O=C(NCCc1c(-c2ccc(F)cc2)[nH]c2c(F)cc(F)cc12)NCC1CCCO1. The molecule has 3 aromatic rings. The van der Waals surface area contributed by atoms with Crippen LogP contribution in [-0.4, -0.2) is 36.8 Å². The Bertz CT molecular complexity index is 1040. The molecule has 1 aliphatic rings. The molecular weight excluding hydrogens is 395 g/mol. The second-order valence-electron chi connectivity index (χ2n) is 7.32. The molecule has 1 atom stereocenters. The fourth-order valence-electron chi connectivity index (χ4n) is 3.77. The fourth-order valence-corrected chi connectivity index (χ4v) is 3.77. The molecule has 0 spiro atoms. The van der Waals surface area contributed by atoms with Crippen molar-refractivity contribution < 1.29 is 22.7 Å². The first-order valence-electron chi connectivity index (χ1n) is 9.90. The monoisotopic (exact) mass is 417 g/mol. The molecule has 1 unspecified atom stereocenters. The third kappa shape index (κ3) is 4.43. The topological polar surface area (TPSA) is 66.2 Å². The molecule has 1 aliphatic heterocycles. The maximum atomic E-state index is 14.3. The Kier molecular flexibility index (Phi) is 5.94. The summed E-state index contributed by atoms with van der Waals surface area (Å²) >= 11 is 0. The molecule has 0 aliphatic carbocycles. The van der Waals surface area contributed by atoms with Gasteiger partial charge in [-0.05, 0) is 60.7 Å². The number of amides is 2. The molecule has 158 valence electrons. The number of aromatic nitrogens is 1. The van der Waals surface area contributed by atoms with Crippen LogP contribution in [0.2, 0.25) is 0 Å². The number of nitrogens with one attached hydrogen (secondary N) is 3. The van der Waals surface area contributed by atoms with Gasteiger partial charge in [0, 0.05) is 36.8 Å². The molecule has 0 saturated carbocycles. The fraction of sp³-hybridized carbons (Fsp3) is 0.318. The van der Waals surface area contributed by atoms with Crippen molar-refractivity contribution >= 4 is 16.9 Å². The van der Waals surface area contributed by atoms with Crippen molar-refractivity contribution in [2.24, 2.45) is 0 Å². The zero-order valence-electron chi connectivity index (χ0n) is 16.2. The van der Waals surface area contributed by atoms with Gasteiger partial charge in [0.2, 0.25) is 0 Å². The molecule has 1 fully saturated rings. The lowest BCUT2D eigenvalue weighted by Gasteiger charge is -2.12. The highest BCUT2D eigenvalue weighted by Crippen LogP contribution is 2.32. The van der Waals surface area contributed by atoms with Crippen LogP contribution in [0.5, 0.6) is 0 Å². The van der Waals surface area contributed by atoms with Gasteiger partial charge in [-0.15, -0.1) is 0 Å². The minimum absolute atomic E-state index is 0.0420. The summed E-state index contributed by atoms with van der Waals surface area (Å²) in [6.45, 7) is 1.42. The van der Waals surface area contributed by atoms with Gasteiger partial charge < -0.3 is 20.4 Å². The summed E-state index contributed by atoms with van der Waals surface area (Å²) in [5, 5.41) is 5.92. The Morgan fingerprint density at radius 1 is 1.10 bits per heavy atom. The van der Waals surface area contributed by atoms with Crippen LogP contribution in [0.15, 0.2) is 36.4 Å². The van der Waals surface area contributed by atoms with E-state index in [0.29, 0.717) is 41.8 Å². The summed E-state index contributed by atoms with van der Waals surface area (Å²) < 4.78 is 46.9. The number of hydrogen-bond acceptors (Lipinski definition) is 2. The number of rotatable bonds is 6. The summed E-state index contributed by atoms with van der Waals surface area (Å²) in [6, 6.07) is 7.49. The average molecular weight is 417 g/mol. The van der Waals surface area contributed by atoms with E-state index in [0.717, 1.165) is 18.9 Å². The molecule has 1 aromatic heterocycles. The first kappa shape index (κ1) is 20.3. The van der Waals surface area contributed by atoms with Crippen LogP contribution >= 0.6 is 0 Å². The van der Waals surface area contributed by atoms with Crippen molar-refractivity contribution in [1.82, 2.24) is 15.6 Å². The normalized spacial score (nSPS) is 16.2. The van der Waals surface area contributed by atoms with E-state index in [1.807, 2.05) is 0 Å². The summed E-state index contributed by atoms with van der Waals surface area (Å²) in [6.07, 6.45) is 2.30. The molecule has 2 amide bonds. The van der Waals surface area contributed by atoms with Gasteiger partial charge in [-0.25, -0.2) is 18.0 Å². The van der Waals surface area contributed by atoms with Crippen LogP contribution in [0, 0.1) is 17.5 Å². The molecule has 1 saturated heterocycles. The molecule has 5 nitrogen and oxygen atoms in total. The number of carbonyl (C=O) groups is 1. The third-order valence-electron chi connectivity index (χ3n) is 5.24. The van der Waals surface area contributed by atoms with Gasteiger partial charge in [-0.3, -0.25) is 0 Å². The second kappa shape index (κ2) is 8.79. The van der Waals surface area contributed by atoms with Gasteiger partial charge >= 0.3 is 6.03 Å². The summed E-state index contributed by atoms with van der Waals surface area (Å²) in [5.74, 6) is -1.78. The lowest BCUT2D eigenvalue weighted by atomic mass is 10.0. The number of ether oxygens (including phenoxy) is 1. The third-order valence-corrected chi connectivity index (χ3v) is 5.24. The quantitative estimate of drug-likeness (QED) is 0.561. The predicted molar refractivity (Wildman–Crippen MR) is 108 cm³/mol. The number of halogens is 3. The molecule has 3 N–H and O–H groups in total. The molecule has 2 aromatic carbocycles. The van der Waals surface area contributed by atoms with Crippen LogP contribution in [0.1, 0.15) is 18.4 Å². The van der Waals surface area contributed by atoms with Crippen molar-refractivity contribution in [2.45, 2.75) is 25.4 Å². The average Bonchev–Trinajstić information content (AvgIpc) is 3.36. The van der Waals surface area contributed by atoms with Crippen molar-refractivity contribution in [2.75, 3.05) is 19.7 Å². The zero-order valence-corrected chi connectivity index (χ0v) is 16.2. The molecule has 4 rings (SSSR count). The van der Waals surface area contributed by atoms with E-state index in [9.17, 15) is 18.0 Å². The van der Waals surface area contributed by atoms with Crippen molar-refractivity contribution in [3.8, 4) is 11.3 Å². The number of urea groups is 1. The Morgan fingerprint density at radius 2 is 1.90 bits per heavy atom. The number of aromatic amines is 1. The van der Waals surface area contributed by atoms with E-state index in [4.69, 9.17) is 4.74 Å². The highest BCUT2D eigenvalue weighted by atomic mass is 19.1. The van der Waals surface area contributed by atoms with E-state index >= 15 is 0 Å². The van der Waals surface area contributed by atoms with Crippen molar-refractivity contribution in [3.05, 3.63) is 59.4 Å². The van der Waals surface area contributed by atoms with Gasteiger partial charge in [0.05, 0.1) is 11.6 Å². The zero-order chi connectivity index (χ0) is 21.1. The van der Waals surface area contributed by atoms with Crippen LogP contribution in [0.3, 0.4) is 0 Å². The largest absolute Gasteiger partial charge is 0.376 e. The maximum absolute atomic E-state index is 14.3. The van der Waals surface area contributed by atoms with E-state index in [-0.39, 0.29) is 24.2 Å². The number of benzene rings is 2. The highest BCUT2D eigenvalue weighted by molar-refractivity contribution is 5.91. The van der Waals surface area contributed by atoms with E-state index in [1.54, 1.807) is 12.1 Å². The minimum atomic E-state index is -0.707. The van der Waals surface area contributed by atoms with Gasteiger partial charge in [-0.1, -0.05) is 0 Å². The molecule has 0 radical (unpaired) electrons. The Balaban J connectivity index is 1.52. The van der Waals surface area contributed by atoms with Crippen molar-refractivity contribution in [1.29, 1.82) is 0 Å². The first-order chi connectivity index (χ1) is 14.5. The number of carbonyl (C=O) groups excluding carboxylic acids is 1. The van der Waals surface area contributed by atoms with Crippen LogP contribution in [0.25, 0.3) is 22.2 Å². The maximum Gasteiger partial charge on any atom is 0.314 e. The smallest absolute Gasteiger partial charge is 0.314 e. The van der Waals surface area contributed by atoms with Gasteiger partial charge in [0.25, 0.3) is 0 Å². The number of fused-ring (bicyclic) bond motifs is 1. The molecule has 0 bridgehead atoms. The minimum Gasteiger partial charge on any atom is -0.376 e. The van der Waals surface area contributed by atoms with Crippen LogP contribution in [-0.2, 0) is 11.2 Å². The first-order valence-corrected chi connectivity index (χ1v) is 9.90. The molecule has 30 heavy (non-hydrogen) atoms. The standard InChI is InChI=1S/C22H22F3N3O2/c23-14-5-3-13(4-6-14)20-17(18-10-15(24)11-19(25)21(18)28-20)7-8-26-22(29)27-12-16-2-1-9-30-16/h3-6,10-11,16,28H,1-2,7-9,12H2,(H2,26,27,29). The summed E-state index contributed by atoms with van der Waals surface area (Å²) in [4.78, 5) is 15.0.